The molecule has 9 heteroatoms. The standard InChI is InChI=1S/C19H30N6O3/c1-12(8-15-9-13(2)22-23-15)21-17(26)16(14-10-20-24(6)11-14)25(7)18(27)28-19(3,4)5/h9-12,16H,8H2,1-7H3,(H,21,26)(H,22,23). The summed E-state index contributed by atoms with van der Waals surface area (Å²) in [7, 11) is 3.31. The predicted octanol–water partition coefficient (Wildman–Crippen LogP) is 2.11. The maximum atomic E-state index is 13.0. The fourth-order valence-corrected chi connectivity index (χ4v) is 2.84. The number of carbonyl (C=O) groups excluding carboxylic acids is 2. The van der Waals surface area contributed by atoms with Crippen molar-refractivity contribution in [1.82, 2.24) is 30.2 Å². The van der Waals surface area contributed by atoms with Crippen molar-refractivity contribution < 1.29 is 14.3 Å². The molecule has 0 fully saturated rings. The van der Waals surface area contributed by atoms with Gasteiger partial charge in [-0.15, -0.1) is 0 Å². The zero-order chi connectivity index (χ0) is 21.1. The van der Waals surface area contributed by atoms with Gasteiger partial charge in [0.05, 0.1) is 11.9 Å². The Kier molecular flexibility index (Phi) is 6.48. The molecule has 2 unspecified atom stereocenters. The van der Waals surface area contributed by atoms with Crippen molar-refractivity contribution in [1.29, 1.82) is 0 Å². The molecule has 0 bridgehead atoms. The van der Waals surface area contributed by atoms with E-state index in [2.05, 4.69) is 20.6 Å². The van der Waals surface area contributed by atoms with E-state index >= 15 is 0 Å². The number of H-pyrrole nitrogens is 1. The van der Waals surface area contributed by atoms with E-state index in [9.17, 15) is 9.59 Å². The molecular weight excluding hydrogens is 360 g/mol. The van der Waals surface area contributed by atoms with E-state index in [1.54, 1.807) is 51.9 Å². The number of amides is 2. The highest BCUT2D eigenvalue weighted by Gasteiger charge is 2.33. The first kappa shape index (κ1) is 21.5. The summed E-state index contributed by atoms with van der Waals surface area (Å²) in [5.41, 5.74) is 1.78. The zero-order valence-electron chi connectivity index (χ0n) is 17.6. The number of aryl methyl sites for hydroxylation is 2. The molecule has 0 spiro atoms. The highest BCUT2D eigenvalue weighted by Crippen LogP contribution is 2.22. The molecule has 28 heavy (non-hydrogen) atoms. The van der Waals surface area contributed by atoms with Gasteiger partial charge in [-0.2, -0.15) is 10.2 Å². The van der Waals surface area contributed by atoms with Crippen LogP contribution >= 0.6 is 0 Å². The van der Waals surface area contributed by atoms with Crippen LogP contribution < -0.4 is 5.32 Å². The van der Waals surface area contributed by atoms with Crippen LogP contribution in [-0.4, -0.2) is 55.6 Å². The van der Waals surface area contributed by atoms with Gasteiger partial charge in [0.15, 0.2) is 0 Å². The smallest absolute Gasteiger partial charge is 0.410 e. The van der Waals surface area contributed by atoms with Gasteiger partial charge in [-0.3, -0.25) is 19.5 Å². The van der Waals surface area contributed by atoms with Crippen molar-refractivity contribution in [3.8, 4) is 0 Å². The normalized spacial score (nSPS) is 13.7. The molecule has 0 aliphatic heterocycles. The number of aromatic nitrogens is 4. The van der Waals surface area contributed by atoms with Gasteiger partial charge in [0, 0.05) is 44.0 Å². The lowest BCUT2D eigenvalue weighted by Gasteiger charge is -2.30. The zero-order valence-corrected chi connectivity index (χ0v) is 17.6. The molecule has 0 aromatic carbocycles. The number of likely N-dealkylation sites (N-methyl/N-ethyl adjacent to an activating group) is 1. The quantitative estimate of drug-likeness (QED) is 0.786. The molecular formula is C19H30N6O3. The van der Waals surface area contributed by atoms with Gasteiger partial charge in [0.25, 0.3) is 0 Å². The van der Waals surface area contributed by atoms with Gasteiger partial charge in [0.1, 0.15) is 11.6 Å². The maximum Gasteiger partial charge on any atom is 0.410 e. The van der Waals surface area contributed by atoms with Gasteiger partial charge in [-0.25, -0.2) is 4.79 Å². The van der Waals surface area contributed by atoms with Crippen molar-refractivity contribution in [3.63, 3.8) is 0 Å². The number of nitrogens with zero attached hydrogens (tertiary/aromatic N) is 4. The van der Waals surface area contributed by atoms with Crippen LogP contribution in [0.2, 0.25) is 0 Å². The SMILES string of the molecule is Cc1cc(CC(C)NC(=O)C(c2cnn(C)c2)N(C)C(=O)OC(C)(C)C)n[nH]1. The topological polar surface area (TPSA) is 105 Å². The summed E-state index contributed by atoms with van der Waals surface area (Å²) >= 11 is 0. The Balaban J connectivity index is 2.16. The summed E-state index contributed by atoms with van der Waals surface area (Å²) in [6.07, 6.45) is 3.29. The molecule has 0 saturated heterocycles. The fraction of sp³-hybridized carbons (Fsp3) is 0.579. The van der Waals surface area contributed by atoms with Gasteiger partial charge < -0.3 is 10.1 Å². The van der Waals surface area contributed by atoms with Crippen LogP contribution in [0.25, 0.3) is 0 Å². The van der Waals surface area contributed by atoms with Gasteiger partial charge >= 0.3 is 6.09 Å². The van der Waals surface area contributed by atoms with E-state index in [0.29, 0.717) is 12.0 Å². The molecule has 2 heterocycles. The fourth-order valence-electron chi connectivity index (χ4n) is 2.84. The van der Waals surface area contributed by atoms with E-state index in [1.165, 1.54) is 4.90 Å². The lowest BCUT2D eigenvalue weighted by molar-refractivity contribution is -0.126. The summed E-state index contributed by atoms with van der Waals surface area (Å²) in [5.74, 6) is -0.305. The Hall–Kier alpha value is -2.84. The average Bonchev–Trinajstić information content (AvgIpc) is 3.14. The van der Waals surface area contributed by atoms with Gasteiger partial charge in [-0.05, 0) is 40.7 Å². The van der Waals surface area contributed by atoms with Crippen molar-refractivity contribution in [2.75, 3.05) is 7.05 Å². The molecule has 0 saturated carbocycles. The third-order valence-corrected chi connectivity index (χ3v) is 4.02. The highest BCUT2D eigenvalue weighted by molar-refractivity contribution is 5.87. The molecule has 0 aliphatic carbocycles. The molecule has 2 aromatic rings. The van der Waals surface area contributed by atoms with E-state index in [4.69, 9.17) is 4.74 Å². The number of hydrogen-bond donors (Lipinski definition) is 2. The maximum absolute atomic E-state index is 13.0. The summed E-state index contributed by atoms with van der Waals surface area (Å²) in [5, 5.41) is 14.2. The van der Waals surface area contributed by atoms with E-state index in [1.807, 2.05) is 19.9 Å². The molecule has 9 nitrogen and oxygen atoms in total. The number of ether oxygens (including phenoxy) is 1. The first-order valence-electron chi connectivity index (χ1n) is 9.22. The lowest BCUT2D eigenvalue weighted by Crippen LogP contribution is -2.46. The third kappa shape index (κ3) is 5.83. The molecule has 0 aliphatic rings. The van der Waals surface area contributed by atoms with Crippen LogP contribution in [-0.2, 0) is 23.0 Å². The van der Waals surface area contributed by atoms with Crippen LogP contribution in [0.5, 0.6) is 0 Å². The summed E-state index contributed by atoms with van der Waals surface area (Å²) in [6.45, 7) is 9.17. The number of nitrogens with one attached hydrogen (secondary N) is 2. The first-order valence-corrected chi connectivity index (χ1v) is 9.22. The first-order chi connectivity index (χ1) is 13.0. The molecule has 2 amide bonds. The summed E-state index contributed by atoms with van der Waals surface area (Å²) in [6, 6.07) is 0.919. The van der Waals surface area contributed by atoms with Gasteiger partial charge in [0.2, 0.25) is 5.91 Å². The molecule has 0 radical (unpaired) electrons. The third-order valence-electron chi connectivity index (χ3n) is 4.02. The van der Waals surface area contributed by atoms with Crippen LogP contribution in [0.1, 0.15) is 50.7 Å². The lowest BCUT2D eigenvalue weighted by atomic mass is 10.1. The van der Waals surface area contributed by atoms with Crippen LogP contribution in [0.4, 0.5) is 4.79 Å². The van der Waals surface area contributed by atoms with Crippen molar-refractivity contribution in [2.45, 2.75) is 58.7 Å². The second kappa shape index (κ2) is 8.45. The van der Waals surface area contributed by atoms with Crippen molar-refractivity contribution in [3.05, 3.63) is 35.4 Å². The Bertz CT molecular complexity index is 820. The predicted molar refractivity (Wildman–Crippen MR) is 105 cm³/mol. The number of rotatable bonds is 6. The monoisotopic (exact) mass is 390 g/mol. The Morgan fingerprint density at radius 1 is 1.39 bits per heavy atom. The number of carbonyl (C=O) groups is 2. The Morgan fingerprint density at radius 3 is 2.57 bits per heavy atom. The van der Waals surface area contributed by atoms with Crippen molar-refractivity contribution in [2.24, 2.45) is 7.05 Å². The molecule has 154 valence electrons. The molecule has 2 atom stereocenters. The van der Waals surface area contributed by atoms with Crippen LogP contribution in [0.15, 0.2) is 18.5 Å². The summed E-state index contributed by atoms with van der Waals surface area (Å²) in [4.78, 5) is 26.9. The van der Waals surface area contributed by atoms with E-state index < -0.39 is 17.7 Å². The minimum absolute atomic E-state index is 0.165. The van der Waals surface area contributed by atoms with Crippen LogP contribution in [0, 0.1) is 6.92 Å². The minimum atomic E-state index is -0.855. The average molecular weight is 390 g/mol. The molecule has 2 N–H and O–H groups in total. The minimum Gasteiger partial charge on any atom is -0.444 e. The number of hydrogen-bond acceptors (Lipinski definition) is 5. The molecule has 2 rings (SSSR count). The van der Waals surface area contributed by atoms with E-state index in [-0.39, 0.29) is 11.9 Å². The Labute approximate surface area is 165 Å². The largest absolute Gasteiger partial charge is 0.444 e. The van der Waals surface area contributed by atoms with Crippen LogP contribution in [0.3, 0.4) is 0 Å². The van der Waals surface area contributed by atoms with E-state index in [0.717, 1.165) is 11.4 Å². The second-order valence-corrected chi connectivity index (χ2v) is 8.10. The highest BCUT2D eigenvalue weighted by atomic mass is 16.6. The van der Waals surface area contributed by atoms with Gasteiger partial charge in [-0.1, -0.05) is 0 Å². The Morgan fingerprint density at radius 2 is 2.07 bits per heavy atom. The number of aromatic amines is 1. The molecule has 2 aromatic heterocycles. The second-order valence-electron chi connectivity index (χ2n) is 8.10. The van der Waals surface area contributed by atoms with Crippen molar-refractivity contribution >= 4 is 12.0 Å². The summed E-state index contributed by atoms with van der Waals surface area (Å²) < 4.78 is 7.02.